The van der Waals surface area contributed by atoms with Crippen molar-refractivity contribution in [1.29, 1.82) is 0 Å². The largest absolute Gasteiger partial charge is 0.461 e. The van der Waals surface area contributed by atoms with Crippen LogP contribution in [0.4, 0.5) is 29.2 Å². The van der Waals surface area contributed by atoms with E-state index < -0.39 is 40.3 Å². The number of hydrogen-bond acceptors (Lipinski definition) is 10. The molecule has 18 heteroatoms. The minimum atomic E-state index is -4.81. The summed E-state index contributed by atoms with van der Waals surface area (Å²) in [6.07, 6.45) is -4.40. The average Bonchev–Trinajstić information content (AvgIpc) is 3.60. The number of aryl methyl sites for hydroxylation is 1. The lowest BCUT2D eigenvalue weighted by Gasteiger charge is -2.33. The van der Waals surface area contributed by atoms with Crippen LogP contribution in [0.1, 0.15) is 70.5 Å². The predicted octanol–water partition coefficient (Wildman–Crippen LogP) is 4.86. The maximum Gasteiger partial charge on any atom is 0.419 e. The molecule has 2 N–H and O–H groups in total. The molecule has 3 atom stereocenters. The van der Waals surface area contributed by atoms with Crippen molar-refractivity contribution in [2.24, 2.45) is 0 Å². The maximum absolute atomic E-state index is 14.5. The van der Waals surface area contributed by atoms with Crippen LogP contribution in [0.25, 0.3) is 0 Å². The number of ether oxygens (including phenoxy) is 2. The Labute approximate surface area is 289 Å². The summed E-state index contributed by atoms with van der Waals surface area (Å²) < 4.78 is 71.1. The van der Waals surface area contributed by atoms with Gasteiger partial charge in [0.05, 0.1) is 51.4 Å². The maximum atomic E-state index is 14.5. The Kier molecular flexibility index (Phi) is 8.81. The lowest BCUT2D eigenvalue weighted by Crippen LogP contribution is -2.43. The van der Waals surface area contributed by atoms with Crippen LogP contribution in [-0.4, -0.2) is 92.5 Å². The van der Waals surface area contributed by atoms with Crippen LogP contribution in [0.5, 0.6) is 6.01 Å². The van der Waals surface area contributed by atoms with Gasteiger partial charge < -0.3 is 25.0 Å². The Morgan fingerprint density at radius 2 is 1.98 bits per heavy atom. The fraction of sp³-hybridized carbons (Fsp3) is 0.581. The monoisotopic (exact) mass is 727 g/mol. The molecule has 2 saturated heterocycles. The number of nitrogens with two attached hydrogens (primary N) is 1. The van der Waals surface area contributed by atoms with E-state index >= 15 is 0 Å². The quantitative estimate of drug-likeness (QED) is 0.352. The Morgan fingerprint density at radius 3 is 2.73 bits per heavy atom. The van der Waals surface area contributed by atoms with Crippen molar-refractivity contribution < 1.29 is 31.8 Å². The molecule has 264 valence electrons. The molecule has 12 nitrogen and oxygen atoms in total. The lowest BCUT2D eigenvalue weighted by atomic mass is 9.95. The molecule has 0 spiro atoms. The van der Waals surface area contributed by atoms with Gasteiger partial charge in [-0.3, -0.25) is 14.4 Å². The molecule has 0 saturated carbocycles. The first-order chi connectivity index (χ1) is 23.2. The van der Waals surface area contributed by atoms with Gasteiger partial charge >= 0.3 is 12.2 Å². The third-order valence-corrected chi connectivity index (χ3v) is 10.4. The zero-order chi connectivity index (χ0) is 34.8. The third-order valence-electron chi connectivity index (χ3n) is 9.74. The number of anilines is 2. The first kappa shape index (κ1) is 34.0. The van der Waals surface area contributed by atoms with Crippen molar-refractivity contribution in [2.75, 3.05) is 51.0 Å². The van der Waals surface area contributed by atoms with E-state index in [1.54, 1.807) is 18.8 Å². The Hall–Kier alpha value is -3.47. The zero-order valence-corrected chi connectivity index (χ0v) is 28.4. The molecule has 0 aliphatic carbocycles. The Bertz CT molecular complexity index is 1790. The number of carbonyl (C=O) groups is 1. The highest BCUT2D eigenvalue weighted by atomic mass is 35.5. The van der Waals surface area contributed by atoms with Gasteiger partial charge in [-0.15, -0.1) is 0 Å². The van der Waals surface area contributed by atoms with Crippen LogP contribution in [0.15, 0.2) is 6.07 Å². The molecule has 1 amide bonds. The summed E-state index contributed by atoms with van der Waals surface area (Å²) in [4.78, 5) is 31.8. The summed E-state index contributed by atoms with van der Waals surface area (Å²) in [5, 5.41) is 4.14. The number of amides is 1. The van der Waals surface area contributed by atoms with Crippen molar-refractivity contribution in [2.45, 2.75) is 75.8 Å². The van der Waals surface area contributed by atoms with E-state index in [4.69, 9.17) is 43.4 Å². The van der Waals surface area contributed by atoms with Crippen LogP contribution >= 0.6 is 23.2 Å². The summed E-state index contributed by atoms with van der Waals surface area (Å²) >= 11 is 12.8. The molecule has 7 rings (SSSR count). The van der Waals surface area contributed by atoms with Gasteiger partial charge in [0.1, 0.15) is 30.5 Å². The number of alkyl halides is 4. The van der Waals surface area contributed by atoms with E-state index in [9.17, 15) is 22.4 Å². The lowest BCUT2D eigenvalue weighted by molar-refractivity contribution is -0.140. The molecule has 0 bridgehead atoms. The van der Waals surface area contributed by atoms with Gasteiger partial charge in [-0.1, -0.05) is 23.2 Å². The molecule has 0 unspecified atom stereocenters. The Morgan fingerprint density at radius 1 is 1.18 bits per heavy atom. The molecule has 0 radical (unpaired) electrons. The molecule has 49 heavy (non-hydrogen) atoms. The fourth-order valence-corrected chi connectivity index (χ4v) is 8.05. The van der Waals surface area contributed by atoms with Gasteiger partial charge in [-0.05, 0) is 31.9 Å². The summed E-state index contributed by atoms with van der Waals surface area (Å²) in [5.74, 6) is -0.0548. The summed E-state index contributed by atoms with van der Waals surface area (Å²) in [6.45, 7) is 2.36. The van der Waals surface area contributed by atoms with Gasteiger partial charge in [0, 0.05) is 52.1 Å². The van der Waals surface area contributed by atoms with Crippen LogP contribution in [0, 0.1) is 0 Å². The van der Waals surface area contributed by atoms with E-state index in [1.165, 1.54) is 4.90 Å². The van der Waals surface area contributed by atoms with Gasteiger partial charge in [-0.25, -0.2) is 9.37 Å². The number of pyridine rings is 1. The standard InChI is InChI=1S/C31H35Cl2F4N9O3/c1-43(2)28(47)26-24(33)20-13-44(6-4-8-46(20)42-26)27-17-14-48-21(25-23(31(35,36)37)18(32)9-22(38)40-25)10-19(17)39-29(41-27)49-15-30-5-3-7-45(30)12-16(34)11-30/h9,16,21H,3-8,10-15H2,1-2H3,(H2,38,40)/t16-,21+,30+/m1/s1. The highest BCUT2D eigenvalue weighted by Crippen LogP contribution is 2.44. The van der Waals surface area contributed by atoms with Crippen molar-refractivity contribution in [3.63, 3.8) is 0 Å². The first-order valence-electron chi connectivity index (χ1n) is 16.0. The van der Waals surface area contributed by atoms with Gasteiger partial charge in [0.2, 0.25) is 0 Å². The third kappa shape index (κ3) is 6.25. The minimum Gasteiger partial charge on any atom is -0.461 e. The number of nitrogen functional groups attached to an aromatic ring is 1. The normalized spacial score (nSPS) is 24.0. The molecular weight excluding hydrogens is 693 g/mol. The SMILES string of the molecule is CN(C)C(=O)c1nn2c(c1Cl)CN(c1nc(OC[C@@]34CCCN3C[C@H](F)C4)nc3c1CO[C@H](c1nc(N)cc(Cl)c1C(F)(F)F)C3)CCC2. The zero-order valence-electron chi connectivity index (χ0n) is 26.9. The Balaban J connectivity index is 1.27. The van der Waals surface area contributed by atoms with Crippen molar-refractivity contribution >= 4 is 40.7 Å². The molecule has 4 aliphatic rings. The van der Waals surface area contributed by atoms with Gasteiger partial charge in [0.25, 0.3) is 5.91 Å². The molecular formula is C31H35Cl2F4N9O3. The number of hydrogen-bond donors (Lipinski definition) is 1. The van der Waals surface area contributed by atoms with Crippen LogP contribution in [0.2, 0.25) is 10.0 Å². The van der Waals surface area contributed by atoms with Crippen LogP contribution < -0.4 is 15.4 Å². The molecule has 3 aromatic rings. The number of nitrogens with zero attached hydrogens (tertiary/aromatic N) is 8. The molecule has 2 fully saturated rings. The van der Waals surface area contributed by atoms with E-state index in [2.05, 4.69) is 20.0 Å². The molecule has 3 aromatic heterocycles. The predicted molar refractivity (Wildman–Crippen MR) is 171 cm³/mol. The summed E-state index contributed by atoms with van der Waals surface area (Å²) in [6, 6.07) is 0.972. The second-order valence-corrected chi connectivity index (χ2v) is 14.0. The first-order valence-corrected chi connectivity index (χ1v) is 16.8. The van der Waals surface area contributed by atoms with Crippen LogP contribution in [0.3, 0.4) is 0 Å². The number of fused-ring (bicyclic) bond motifs is 3. The molecule has 4 aliphatic heterocycles. The number of aromatic nitrogens is 5. The second kappa shape index (κ2) is 12.7. The van der Waals surface area contributed by atoms with Crippen molar-refractivity contribution in [3.05, 3.63) is 50.0 Å². The number of carbonyl (C=O) groups excluding carboxylic acids is 1. The van der Waals surface area contributed by atoms with Crippen LogP contribution in [-0.2, 0) is 37.0 Å². The highest BCUT2D eigenvalue weighted by Gasteiger charge is 2.49. The summed E-state index contributed by atoms with van der Waals surface area (Å²) in [5.41, 5.74) is 5.52. The molecule has 0 aromatic carbocycles. The summed E-state index contributed by atoms with van der Waals surface area (Å²) in [7, 11) is 3.23. The van der Waals surface area contributed by atoms with Crippen molar-refractivity contribution in [3.8, 4) is 6.01 Å². The van der Waals surface area contributed by atoms with E-state index in [1.807, 2.05) is 4.90 Å². The van der Waals surface area contributed by atoms with Gasteiger partial charge in [-0.2, -0.15) is 28.2 Å². The topological polar surface area (TPSA) is 128 Å². The van der Waals surface area contributed by atoms with E-state index in [0.29, 0.717) is 55.2 Å². The molecule has 7 heterocycles. The van der Waals surface area contributed by atoms with Crippen molar-refractivity contribution in [1.82, 2.24) is 34.5 Å². The van der Waals surface area contributed by atoms with E-state index in [0.717, 1.165) is 25.5 Å². The fourth-order valence-electron chi connectivity index (χ4n) is 7.46. The number of halogens is 6. The minimum absolute atomic E-state index is 0.0138. The smallest absolute Gasteiger partial charge is 0.419 e. The highest BCUT2D eigenvalue weighted by molar-refractivity contribution is 6.34. The average molecular weight is 729 g/mol. The number of rotatable bonds is 6. The van der Waals surface area contributed by atoms with E-state index in [-0.39, 0.29) is 54.6 Å². The van der Waals surface area contributed by atoms with Gasteiger partial charge in [0.15, 0.2) is 5.69 Å². The second-order valence-electron chi connectivity index (χ2n) is 13.2.